The van der Waals surface area contributed by atoms with Gasteiger partial charge in [-0.3, -0.25) is 20.5 Å². The number of aromatic nitrogens is 2. The summed E-state index contributed by atoms with van der Waals surface area (Å²) in [5.41, 5.74) is 13.9. The molecule has 0 saturated carbocycles. The normalized spacial score (nSPS) is 22.4. The number of nitrogens with two attached hydrogens (primary N) is 1. The molecule has 2 unspecified atom stereocenters. The summed E-state index contributed by atoms with van der Waals surface area (Å²) in [4.78, 5) is 16.4. The van der Waals surface area contributed by atoms with Gasteiger partial charge in [-0.1, -0.05) is 18.2 Å². The van der Waals surface area contributed by atoms with Crippen LogP contribution in [-0.2, 0) is 11.2 Å². The predicted molar refractivity (Wildman–Crippen MR) is 103 cm³/mol. The molecule has 10 heteroatoms. The highest BCUT2D eigenvalue weighted by atomic mass is 16.2. The van der Waals surface area contributed by atoms with Gasteiger partial charge in [0.2, 0.25) is 5.91 Å². The number of hydrogen-bond donors (Lipinski definition) is 5. The molecule has 0 aliphatic carbocycles. The number of amides is 1. The molecule has 2 fully saturated rings. The van der Waals surface area contributed by atoms with Crippen LogP contribution in [-0.4, -0.2) is 40.9 Å². The zero-order chi connectivity index (χ0) is 19.5. The largest absolute Gasteiger partial charge is 0.382 e. The van der Waals surface area contributed by atoms with Gasteiger partial charge in [-0.15, -0.1) is 0 Å². The van der Waals surface area contributed by atoms with Crippen LogP contribution in [0.4, 0.5) is 5.82 Å². The number of hydrazine groups is 1. The van der Waals surface area contributed by atoms with Crippen molar-refractivity contribution in [1.29, 1.82) is 5.26 Å². The number of guanidine groups is 1. The molecule has 2 atom stereocenters. The molecule has 0 bridgehead atoms. The number of fused-ring (bicyclic) bond motifs is 1. The SMILES string of the molecule is N#Cc1c(CCCN=C2NC(=O)C3CNNC3N2)nn(-c2ccccc2)c1N. The number of carbonyl (C=O) groups is 1. The maximum Gasteiger partial charge on any atom is 0.234 e. The number of para-hydroxylation sites is 1. The lowest BCUT2D eigenvalue weighted by atomic mass is 10.1. The van der Waals surface area contributed by atoms with Crippen LogP contribution in [0.5, 0.6) is 0 Å². The number of nitrogens with one attached hydrogen (secondary N) is 4. The summed E-state index contributed by atoms with van der Waals surface area (Å²) in [6.45, 7) is 1.07. The van der Waals surface area contributed by atoms with Gasteiger partial charge in [-0.2, -0.15) is 10.4 Å². The van der Waals surface area contributed by atoms with Gasteiger partial charge in [0.1, 0.15) is 23.6 Å². The second-order valence-corrected chi connectivity index (χ2v) is 6.64. The van der Waals surface area contributed by atoms with Gasteiger partial charge < -0.3 is 11.1 Å². The van der Waals surface area contributed by atoms with Crippen molar-refractivity contribution in [2.75, 3.05) is 18.8 Å². The van der Waals surface area contributed by atoms with E-state index in [0.717, 1.165) is 5.69 Å². The fourth-order valence-electron chi connectivity index (χ4n) is 3.33. The third-order valence-electron chi connectivity index (χ3n) is 4.80. The van der Waals surface area contributed by atoms with Crippen molar-refractivity contribution in [3.8, 4) is 11.8 Å². The maximum atomic E-state index is 12.0. The lowest BCUT2D eigenvalue weighted by Gasteiger charge is -2.27. The summed E-state index contributed by atoms with van der Waals surface area (Å²) < 4.78 is 1.58. The van der Waals surface area contributed by atoms with Gasteiger partial charge >= 0.3 is 0 Å². The quantitative estimate of drug-likeness (QED) is 0.436. The van der Waals surface area contributed by atoms with Gasteiger partial charge in [0.25, 0.3) is 0 Å². The molecule has 0 radical (unpaired) electrons. The van der Waals surface area contributed by atoms with Crippen LogP contribution in [0.2, 0.25) is 0 Å². The molecular weight excluding hydrogens is 358 g/mol. The van der Waals surface area contributed by atoms with Crippen LogP contribution >= 0.6 is 0 Å². The zero-order valence-corrected chi connectivity index (χ0v) is 15.1. The summed E-state index contributed by atoms with van der Waals surface area (Å²) in [6, 6.07) is 11.6. The highest BCUT2D eigenvalue weighted by Crippen LogP contribution is 2.21. The van der Waals surface area contributed by atoms with Gasteiger partial charge in [0.15, 0.2) is 5.96 Å². The van der Waals surface area contributed by atoms with Crippen LogP contribution < -0.4 is 27.2 Å². The van der Waals surface area contributed by atoms with E-state index < -0.39 is 0 Å². The average Bonchev–Trinajstić information content (AvgIpc) is 3.30. The van der Waals surface area contributed by atoms with Crippen LogP contribution in [0.3, 0.4) is 0 Å². The van der Waals surface area contributed by atoms with E-state index >= 15 is 0 Å². The zero-order valence-electron chi connectivity index (χ0n) is 15.1. The van der Waals surface area contributed by atoms with E-state index in [1.165, 1.54) is 0 Å². The Morgan fingerprint density at radius 1 is 1.36 bits per heavy atom. The lowest BCUT2D eigenvalue weighted by molar-refractivity contribution is -0.124. The van der Waals surface area contributed by atoms with E-state index in [4.69, 9.17) is 5.73 Å². The van der Waals surface area contributed by atoms with Gasteiger partial charge in [-0.25, -0.2) is 10.1 Å². The molecule has 2 aliphatic heterocycles. The van der Waals surface area contributed by atoms with Crippen LogP contribution in [0.15, 0.2) is 35.3 Å². The monoisotopic (exact) mass is 379 g/mol. The highest BCUT2D eigenvalue weighted by molar-refractivity contribution is 6.01. The second-order valence-electron chi connectivity index (χ2n) is 6.64. The molecule has 4 rings (SSSR count). The Morgan fingerprint density at radius 3 is 2.96 bits per heavy atom. The maximum absolute atomic E-state index is 12.0. The van der Waals surface area contributed by atoms with Crippen molar-refractivity contribution in [1.82, 2.24) is 31.3 Å². The third kappa shape index (κ3) is 3.40. The molecule has 0 spiro atoms. The Hall–Kier alpha value is -3.42. The van der Waals surface area contributed by atoms with Crippen molar-refractivity contribution in [3.05, 3.63) is 41.6 Å². The molecular formula is C18H21N9O. The van der Waals surface area contributed by atoms with Crippen LogP contribution in [0, 0.1) is 17.2 Å². The molecule has 2 aromatic rings. The average molecular weight is 379 g/mol. The van der Waals surface area contributed by atoms with E-state index in [1.807, 2.05) is 30.3 Å². The first kappa shape index (κ1) is 18.0. The summed E-state index contributed by atoms with van der Waals surface area (Å²) >= 11 is 0. The molecule has 1 amide bonds. The third-order valence-corrected chi connectivity index (χ3v) is 4.80. The van der Waals surface area contributed by atoms with E-state index in [1.54, 1.807) is 4.68 Å². The number of carbonyl (C=O) groups excluding carboxylic acids is 1. The first-order valence-electron chi connectivity index (χ1n) is 9.10. The number of benzene rings is 1. The van der Waals surface area contributed by atoms with Gasteiger partial charge in [0, 0.05) is 13.1 Å². The Labute approximate surface area is 161 Å². The smallest absolute Gasteiger partial charge is 0.234 e. The van der Waals surface area contributed by atoms with Crippen molar-refractivity contribution in [3.63, 3.8) is 0 Å². The molecule has 2 saturated heterocycles. The molecule has 1 aromatic heterocycles. The Kier molecular flexibility index (Phi) is 4.92. The number of nitriles is 1. The molecule has 28 heavy (non-hydrogen) atoms. The van der Waals surface area contributed by atoms with Crippen molar-refractivity contribution >= 4 is 17.7 Å². The number of nitrogens with zero attached hydrogens (tertiary/aromatic N) is 4. The Morgan fingerprint density at radius 2 is 2.18 bits per heavy atom. The van der Waals surface area contributed by atoms with Gasteiger partial charge in [0.05, 0.1) is 17.3 Å². The summed E-state index contributed by atoms with van der Waals surface area (Å²) in [5, 5.41) is 19.9. The summed E-state index contributed by atoms with van der Waals surface area (Å²) in [6.07, 6.45) is 1.07. The minimum absolute atomic E-state index is 0.0545. The Bertz CT molecular complexity index is 944. The van der Waals surface area contributed by atoms with Crippen LogP contribution in [0.25, 0.3) is 5.69 Å². The standard InChI is InChI=1S/C18H21N9O/c19-9-12-14(26-27(15(12)20)11-5-2-1-3-6-11)7-4-8-21-18-23-16-13(10-22-25-16)17(28)24-18/h1-3,5-6,13,16,22,25H,4,7-8,10,20H2,(H2,21,23,24,28). The lowest BCUT2D eigenvalue weighted by Crippen LogP contribution is -2.61. The van der Waals surface area contributed by atoms with E-state index in [2.05, 4.69) is 37.6 Å². The van der Waals surface area contributed by atoms with Crippen molar-refractivity contribution in [2.45, 2.75) is 19.0 Å². The molecule has 144 valence electrons. The predicted octanol–water partition coefficient (Wildman–Crippen LogP) is -0.616. The molecule has 2 aliphatic rings. The number of aliphatic imine (C=N–C) groups is 1. The fourth-order valence-corrected chi connectivity index (χ4v) is 3.33. The van der Waals surface area contributed by atoms with Crippen LogP contribution in [0.1, 0.15) is 17.7 Å². The summed E-state index contributed by atoms with van der Waals surface area (Å²) in [7, 11) is 0. The molecule has 10 nitrogen and oxygen atoms in total. The van der Waals surface area contributed by atoms with Crippen molar-refractivity contribution < 1.29 is 4.79 Å². The minimum Gasteiger partial charge on any atom is -0.382 e. The van der Waals surface area contributed by atoms with E-state index in [0.29, 0.717) is 49.0 Å². The topological polar surface area (TPSA) is 145 Å². The van der Waals surface area contributed by atoms with Crippen molar-refractivity contribution in [2.24, 2.45) is 10.9 Å². The van der Waals surface area contributed by atoms with Gasteiger partial charge in [-0.05, 0) is 25.0 Å². The molecule has 6 N–H and O–H groups in total. The summed E-state index contributed by atoms with van der Waals surface area (Å²) in [5.74, 6) is 0.586. The first-order valence-corrected chi connectivity index (χ1v) is 9.10. The van der Waals surface area contributed by atoms with E-state index in [9.17, 15) is 10.1 Å². The number of rotatable bonds is 5. The number of anilines is 1. The number of aryl methyl sites for hydroxylation is 1. The second kappa shape index (κ2) is 7.67. The molecule has 1 aromatic carbocycles. The Balaban J connectivity index is 1.40. The number of nitrogen functional groups attached to an aromatic ring is 1. The highest BCUT2D eigenvalue weighted by Gasteiger charge is 2.37. The minimum atomic E-state index is -0.154. The van der Waals surface area contributed by atoms with E-state index in [-0.39, 0.29) is 18.0 Å². The number of hydrogen-bond acceptors (Lipinski definition) is 7. The first-order chi connectivity index (χ1) is 13.7. The molecule has 3 heterocycles. The fraction of sp³-hybridized carbons (Fsp3) is 0.333.